The molecule has 5 nitrogen and oxygen atoms in total. The van der Waals surface area contributed by atoms with Crippen molar-refractivity contribution in [3.05, 3.63) is 0 Å². The second kappa shape index (κ2) is 9.80. The fourth-order valence-corrected chi connectivity index (χ4v) is 2.01. The van der Waals surface area contributed by atoms with E-state index in [0.29, 0.717) is 13.2 Å². The summed E-state index contributed by atoms with van der Waals surface area (Å²) in [7, 11) is -3.52. The molecule has 0 aromatic heterocycles. The first-order valence-electron chi connectivity index (χ1n) is 5.59. The SMILES string of the molecule is CCCCOP(=O)(OCC#N)OCCCC. The lowest BCUT2D eigenvalue weighted by atomic mass is 10.4. The number of nitrogens with zero attached hydrogens (tertiary/aromatic N) is 1. The molecule has 0 saturated heterocycles. The molecule has 0 saturated carbocycles. The van der Waals surface area contributed by atoms with E-state index in [2.05, 4.69) is 0 Å². The van der Waals surface area contributed by atoms with Gasteiger partial charge in [-0.15, -0.1) is 0 Å². The third-order valence-corrected chi connectivity index (χ3v) is 3.22. The molecule has 0 rings (SSSR count). The summed E-state index contributed by atoms with van der Waals surface area (Å²) in [4.78, 5) is 0. The van der Waals surface area contributed by atoms with Crippen LogP contribution in [0.1, 0.15) is 39.5 Å². The van der Waals surface area contributed by atoms with Crippen LogP contribution in [-0.2, 0) is 18.1 Å². The Morgan fingerprint density at radius 1 is 1.06 bits per heavy atom. The van der Waals surface area contributed by atoms with Gasteiger partial charge in [0, 0.05) is 0 Å². The van der Waals surface area contributed by atoms with Crippen LogP contribution in [0.2, 0.25) is 0 Å². The summed E-state index contributed by atoms with van der Waals surface area (Å²) >= 11 is 0. The molecule has 0 aromatic rings. The molecule has 0 aliphatic rings. The predicted molar refractivity (Wildman–Crippen MR) is 60.9 cm³/mol. The van der Waals surface area contributed by atoms with Crippen LogP contribution in [0.4, 0.5) is 0 Å². The summed E-state index contributed by atoms with van der Waals surface area (Å²) < 4.78 is 26.9. The van der Waals surface area contributed by atoms with Gasteiger partial charge in [-0.05, 0) is 12.8 Å². The maximum Gasteiger partial charge on any atom is 0.475 e. The van der Waals surface area contributed by atoms with Crippen molar-refractivity contribution < 1.29 is 18.1 Å². The Balaban J connectivity index is 4.03. The van der Waals surface area contributed by atoms with Crippen molar-refractivity contribution in [3.63, 3.8) is 0 Å². The fraction of sp³-hybridized carbons (Fsp3) is 0.900. The topological polar surface area (TPSA) is 68.5 Å². The Bertz CT molecular complexity index is 238. The number of phosphoric acid groups is 1. The van der Waals surface area contributed by atoms with Crippen molar-refractivity contribution in [3.8, 4) is 6.07 Å². The highest BCUT2D eigenvalue weighted by Crippen LogP contribution is 2.49. The lowest BCUT2D eigenvalue weighted by molar-refractivity contribution is 0.120. The van der Waals surface area contributed by atoms with Gasteiger partial charge in [0.25, 0.3) is 0 Å². The molecule has 0 unspecified atom stereocenters. The van der Waals surface area contributed by atoms with E-state index < -0.39 is 7.82 Å². The van der Waals surface area contributed by atoms with Crippen molar-refractivity contribution in [2.24, 2.45) is 0 Å². The summed E-state index contributed by atoms with van der Waals surface area (Å²) in [6.07, 6.45) is 3.45. The summed E-state index contributed by atoms with van der Waals surface area (Å²) in [5.41, 5.74) is 0. The van der Waals surface area contributed by atoms with Crippen LogP contribution in [0, 0.1) is 11.3 Å². The molecular weight excluding hydrogens is 229 g/mol. The lowest BCUT2D eigenvalue weighted by Gasteiger charge is -2.16. The average molecular weight is 249 g/mol. The van der Waals surface area contributed by atoms with E-state index in [1.165, 1.54) is 0 Å². The molecule has 0 spiro atoms. The number of rotatable bonds is 10. The normalized spacial score (nSPS) is 11.3. The van der Waals surface area contributed by atoms with Crippen LogP contribution in [0.3, 0.4) is 0 Å². The molecule has 0 radical (unpaired) electrons. The van der Waals surface area contributed by atoms with Crippen LogP contribution in [0.5, 0.6) is 0 Å². The third-order valence-electron chi connectivity index (χ3n) is 1.78. The van der Waals surface area contributed by atoms with Crippen LogP contribution in [0.15, 0.2) is 0 Å². The number of hydrogen-bond donors (Lipinski definition) is 0. The maximum atomic E-state index is 11.9. The van der Waals surface area contributed by atoms with Crippen molar-refractivity contribution in [2.75, 3.05) is 19.8 Å². The average Bonchev–Trinajstić information content (AvgIpc) is 2.27. The number of phosphoric ester groups is 1. The molecule has 0 amide bonds. The van der Waals surface area contributed by atoms with E-state index in [4.69, 9.17) is 18.8 Å². The molecule has 0 fully saturated rings. The zero-order valence-corrected chi connectivity index (χ0v) is 10.9. The van der Waals surface area contributed by atoms with Gasteiger partial charge in [-0.1, -0.05) is 26.7 Å². The summed E-state index contributed by atoms with van der Waals surface area (Å²) in [5, 5.41) is 8.37. The Morgan fingerprint density at radius 3 is 1.94 bits per heavy atom. The van der Waals surface area contributed by atoms with Gasteiger partial charge in [0.1, 0.15) is 6.61 Å². The minimum absolute atomic E-state index is 0.282. The Hall–Kier alpha value is -0.400. The first kappa shape index (κ1) is 15.6. The highest BCUT2D eigenvalue weighted by Gasteiger charge is 2.25. The van der Waals surface area contributed by atoms with Gasteiger partial charge >= 0.3 is 7.82 Å². The third kappa shape index (κ3) is 7.84. The molecule has 0 N–H and O–H groups in total. The van der Waals surface area contributed by atoms with Gasteiger partial charge in [-0.2, -0.15) is 5.26 Å². The van der Waals surface area contributed by atoms with Gasteiger partial charge in [0.15, 0.2) is 0 Å². The van der Waals surface area contributed by atoms with E-state index in [1.807, 2.05) is 13.8 Å². The fourth-order valence-electron chi connectivity index (χ4n) is 0.861. The quantitative estimate of drug-likeness (QED) is 0.439. The zero-order valence-electron chi connectivity index (χ0n) is 9.98. The minimum Gasteiger partial charge on any atom is -0.287 e. The van der Waals surface area contributed by atoms with E-state index in [-0.39, 0.29) is 6.61 Å². The van der Waals surface area contributed by atoms with Gasteiger partial charge in [-0.3, -0.25) is 13.6 Å². The first-order chi connectivity index (χ1) is 7.68. The molecule has 0 aliphatic carbocycles. The Morgan fingerprint density at radius 2 is 1.56 bits per heavy atom. The molecule has 0 atom stereocenters. The second-order valence-electron chi connectivity index (χ2n) is 3.25. The van der Waals surface area contributed by atoms with E-state index in [0.717, 1.165) is 25.7 Å². The molecule has 6 heteroatoms. The summed E-state index contributed by atoms with van der Waals surface area (Å²) in [5.74, 6) is 0. The van der Waals surface area contributed by atoms with Crippen molar-refractivity contribution in [2.45, 2.75) is 39.5 Å². The minimum atomic E-state index is -3.52. The lowest BCUT2D eigenvalue weighted by Crippen LogP contribution is -2.03. The first-order valence-corrected chi connectivity index (χ1v) is 7.05. The maximum absolute atomic E-state index is 11.9. The molecule has 0 bridgehead atoms. The second-order valence-corrected chi connectivity index (χ2v) is 4.92. The standard InChI is InChI=1S/C10H20NO4P/c1-3-5-8-13-16(12,15-10-7-11)14-9-6-4-2/h3-6,8-10H2,1-2H3. The largest absolute Gasteiger partial charge is 0.475 e. The molecule has 16 heavy (non-hydrogen) atoms. The summed E-state index contributed by atoms with van der Waals surface area (Å²) in [6, 6.07) is 1.75. The monoisotopic (exact) mass is 249 g/mol. The van der Waals surface area contributed by atoms with Gasteiger partial charge < -0.3 is 0 Å². The molecule has 0 aliphatic heterocycles. The molecule has 0 aromatic carbocycles. The van der Waals surface area contributed by atoms with Crippen LogP contribution < -0.4 is 0 Å². The number of hydrogen-bond acceptors (Lipinski definition) is 5. The van der Waals surface area contributed by atoms with Crippen molar-refractivity contribution in [1.29, 1.82) is 5.26 Å². The van der Waals surface area contributed by atoms with Crippen LogP contribution in [-0.4, -0.2) is 19.8 Å². The summed E-state index contributed by atoms with van der Waals surface area (Å²) in [6.45, 7) is 4.37. The highest BCUT2D eigenvalue weighted by molar-refractivity contribution is 7.48. The number of unbranched alkanes of at least 4 members (excludes halogenated alkanes) is 2. The smallest absolute Gasteiger partial charge is 0.287 e. The van der Waals surface area contributed by atoms with Gasteiger partial charge in [0.2, 0.25) is 0 Å². The zero-order chi connectivity index (χ0) is 12.3. The number of nitriles is 1. The molecule has 0 heterocycles. The Kier molecular flexibility index (Phi) is 9.55. The van der Waals surface area contributed by atoms with E-state index in [1.54, 1.807) is 6.07 Å². The molecule has 94 valence electrons. The van der Waals surface area contributed by atoms with Crippen LogP contribution >= 0.6 is 7.82 Å². The molecular formula is C10H20NO4P. The van der Waals surface area contributed by atoms with E-state index >= 15 is 0 Å². The van der Waals surface area contributed by atoms with Gasteiger partial charge in [0.05, 0.1) is 19.3 Å². The van der Waals surface area contributed by atoms with Gasteiger partial charge in [-0.25, -0.2) is 4.57 Å². The Labute approximate surface area is 97.3 Å². The van der Waals surface area contributed by atoms with Crippen LogP contribution in [0.25, 0.3) is 0 Å². The highest BCUT2D eigenvalue weighted by atomic mass is 31.2. The van der Waals surface area contributed by atoms with Crippen molar-refractivity contribution in [1.82, 2.24) is 0 Å². The predicted octanol–water partition coefficient (Wildman–Crippen LogP) is 3.27. The van der Waals surface area contributed by atoms with Crippen molar-refractivity contribution >= 4 is 7.82 Å². The van der Waals surface area contributed by atoms with E-state index in [9.17, 15) is 4.57 Å².